The van der Waals surface area contributed by atoms with E-state index in [1.165, 1.54) is 17.7 Å². The van der Waals surface area contributed by atoms with Crippen LogP contribution < -0.4 is 16.2 Å². The van der Waals surface area contributed by atoms with Crippen LogP contribution in [0.5, 0.6) is 5.75 Å². The van der Waals surface area contributed by atoms with Gasteiger partial charge in [-0.15, -0.1) is 0 Å². The topological polar surface area (TPSA) is 114 Å². The van der Waals surface area contributed by atoms with Crippen molar-refractivity contribution in [3.63, 3.8) is 0 Å². The van der Waals surface area contributed by atoms with E-state index in [1.807, 2.05) is 36.4 Å². The maximum atomic E-state index is 12.5. The highest BCUT2D eigenvalue weighted by Gasteiger charge is 2.21. The van der Waals surface area contributed by atoms with Gasteiger partial charge in [-0.25, -0.2) is 0 Å². The van der Waals surface area contributed by atoms with Gasteiger partial charge in [-0.05, 0) is 67.5 Å². The Labute approximate surface area is 228 Å². The summed E-state index contributed by atoms with van der Waals surface area (Å²) in [5.41, 5.74) is 3.63. The molecule has 3 aromatic carbocycles. The molecule has 0 aliphatic rings. The van der Waals surface area contributed by atoms with Crippen molar-refractivity contribution in [1.82, 2.24) is 15.6 Å². The summed E-state index contributed by atoms with van der Waals surface area (Å²) in [6.45, 7) is 5.08. The zero-order valence-corrected chi connectivity index (χ0v) is 22.5. The van der Waals surface area contributed by atoms with E-state index in [0.29, 0.717) is 35.9 Å². The van der Waals surface area contributed by atoms with Gasteiger partial charge in [-0.1, -0.05) is 60.7 Å². The number of aromatic hydroxyl groups is 1. The van der Waals surface area contributed by atoms with Crippen LogP contribution >= 0.6 is 0 Å². The fourth-order valence-electron chi connectivity index (χ4n) is 4.87. The molecule has 0 aliphatic heterocycles. The number of nitrogens with one attached hydrogen (secondary N) is 3. The smallest absolute Gasteiger partial charge is 0.248 e. The summed E-state index contributed by atoms with van der Waals surface area (Å²) < 4.78 is 0. The van der Waals surface area contributed by atoms with E-state index < -0.39 is 6.10 Å². The van der Waals surface area contributed by atoms with Gasteiger partial charge >= 0.3 is 0 Å². The summed E-state index contributed by atoms with van der Waals surface area (Å²) in [4.78, 5) is 26.8. The minimum atomic E-state index is -0.838. The average Bonchev–Trinajstić information content (AvgIpc) is 2.91. The molecule has 0 aliphatic carbocycles. The predicted molar refractivity (Wildman–Crippen MR) is 155 cm³/mol. The van der Waals surface area contributed by atoms with Crippen LogP contribution in [0, 0.1) is 0 Å². The van der Waals surface area contributed by atoms with E-state index in [0.717, 1.165) is 24.0 Å². The van der Waals surface area contributed by atoms with Gasteiger partial charge < -0.3 is 25.8 Å². The molecule has 0 bridgehead atoms. The SMILES string of the molecule is CC(C)(Cc1cccc(CC(=O)NCCCc2ccccc2)c1)NC[C@@H](O)c1ccc(O)c2[nH]c(=O)ccc12. The number of fused-ring (bicyclic) bond motifs is 1. The van der Waals surface area contributed by atoms with Crippen LogP contribution in [-0.4, -0.2) is 39.7 Å². The van der Waals surface area contributed by atoms with Crippen LogP contribution in [-0.2, 0) is 24.1 Å². The molecule has 0 saturated carbocycles. The first-order valence-electron chi connectivity index (χ1n) is 13.4. The van der Waals surface area contributed by atoms with Crippen LogP contribution in [0.15, 0.2) is 83.7 Å². The number of H-pyrrole nitrogens is 1. The summed E-state index contributed by atoms with van der Waals surface area (Å²) in [5, 5.41) is 28.1. The second-order valence-electron chi connectivity index (χ2n) is 10.7. The number of phenols is 1. The summed E-state index contributed by atoms with van der Waals surface area (Å²) in [5.74, 6) is -0.0177. The molecule has 1 atom stereocenters. The van der Waals surface area contributed by atoms with Gasteiger partial charge in [0.25, 0.3) is 0 Å². The van der Waals surface area contributed by atoms with E-state index in [1.54, 1.807) is 12.1 Å². The Kier molecular flexibility index (Phi) is 9.17. The van der Waals surface area contributed by atoms with E-state index in [-0.39, 0.29) is 29.3 Å². The Morgan fingerprint density at radius 2 is 1.69 bits per heavy atom. The zero-order chi connectivity index (χ0) is 27.8. The maximum Gasteiger partial charge on any atom is 0.248 e. The Morgan fingerprint density at radius 3 is 2.49 bits per heavy atom. The van der Waals surface area contributed by atoms with Crippen LogP contribution in [0.4, 0.5) is 0 Å². The molecule has 0 unspecified atom stereocenters. The lowest BCUT2D eigenvalue weighted by atomic mass is 9.92. The summed E-state index contributed by atoms with van der Waals surface area (Å²) in [7, 11) is 0. The predicted octanol–water partition coefficient (Wildman–Crippen LogP) is 4.17. The number of aliphatic hydroxyl groups is 1. The Bertz CT molecular complexity index is 1460. The minimum Gasteiger partial charge on any atom is -0.506 e. The molecule has 0 spiro atoms. The average molecular weight is 528 g/mol. The Morgan fingerprint density at radius 1 is 0.949 bits per heavy atom. The third-order valence-electron chi connectivity index (χ3n) is 6.85. The summed E-state index contributed by atoms with van der Waals surface area (Å²) in [6.07, 6.45) is 2.04. The fraction of sp³-hybridized carbons (Fsp3) is 0.312. The van der Waals surface area contributed by atoms with Crippen LogP contribution in [0.25, 0.3) is 10.9 Å². The van der Waals surface area contributed by atoms with Crippen molar-refractivity contribution in [2.24, 2.45) is 0 Å². The maximum absolute atomic E-state index is 12.5. The highest BCUT2D eigenvalue weighted by atomic mass is 16.3. The number of β-amino-alcohol motifs (C(OH)–C–C–N with tert-alkyl or cyclic N) is 1. The summed E-state index contributed by atoms with van der Waals surface area (Å²) in [6, 6.07) is 24.5. The number of carbonyl (C=O) groups is 1. The first kappa shape index (κ1) is 28.1. The van der Waals surface area contributed by atoms with Crippen molar-refractivity contribution < 1.29 is 15.0 Å². The highest BCUT2D eigenvalue weighted by molar-refractivity contribution is 5.87. The number of aromatic nitrogens is 1. The molecular weight excluding hydrogens is 490 g/mol. The quantitative estimate of drug-likeness (QED) is 0.178. The van der Waals surface area contributed by atoms with E-state index in [9.17, 15) is 19.8 Å². The van der Waals surface area contributed by atoms with Crippen molar-refractivity contribution >= 4 is 16.8 Å². The number of rotatable bonds is 12. The lowest BCUT2D eigenvalue weighted by Gasteiger charge is -2.28. The lowest BCUT2D eigenvalue weighted by molar-refractivity contribution is -0.120. The van der Waals surface area contributed by atoms with Gasteiger partial charge in [0.15, 0.2) is 0 Å². The third kappa shape index (κ3) is 8.02. The number of phenolic OH excluding ortho intramolecular Hbond substituents is 1. The van der Waals surface area contributed by atoms with Crippen LogP contribution in [0.2, 0.25) is 0 Å². The van der Waals surface area contributed by atoms with Gasteiger partial charge in [0.2, 0.25) is 11.5 Å². The van der Waals surface area contributed by atoms with Crippen LogP contribution in [0.3, 0.4) is 0 Å². The number of pyridine rings is 1. The molecule has 7 heteroatoms. The van der Waals surface area contributed by atoms with Gasteiger partial charge in [0, 0.05) is 30.1 Å². The molecule has 5 N–H and O–H groups in total. The van der Waals surface area contributed by atoms with E-state index in [4.69, 9.17) is 0 Å². The highest BCUT2D eigenvalue weighted by Crippen LogP contribution is 2.29. The molecule has 0 saturated heterocycles. The Hall–Kier alpha value is -3.94. The molecule has 4 aromatic rings. The van der Waals surface area contributed by atoms with Crippen molar-refractivity contribution in [1.29, 1.82) is 0 Å². The first-order chi connectivity index (χ1) is 18.7. The largest absolute Gasteiger partial charge is 0.506 e. The fourth-order valence-corrected chi connectivity index (χ4v) is 4.87. The van der Waals surface area contributed by atoms with Gasteiger partial charge in [-0.3, -0.25) is 9.59 Å². The zero-order valence-electron chi connectivity index (χ0n) is 22.5. The second-order valence-corrected chi connectivity index (χ2v) is 10.7. The normalized spacial score (nSPS) is 12.4. The molecule has 204 valence electrons. The van der Waals surface area contributed by atoms with E-state index >= 15 is 0 Å². The Balaban J connectivity index is 1.29. The number of amides is 1. The molecular formula is C32H37N3O4. The number of hydrogen-bond acceptors (Lipinski definition) is 5. The molecule has 1 heterocycles. The number of aryl methyl sites for hydroxylation is 1. The molecule has 4 rings (SSSR count). The number of carbonyl (C=O) groups excluding carboxylic acids is 1. The van der Waals surface area contributed by atoms with Gasteiger partial charge in [0.05, 0.1) is 18.0 Å². The van der Waals surface area contributed by atoms with Crippen LogP contribution in [0.1, 0.15) is 48.6 Å². The number of aromatic amines is 1. The molecule has 39 heavy (non-hydrogen) atoms. The molecule has 0 fully saturated rings. The molecule has 0 radical (unpaired) electrons. The van der Waals surface area contributed by atoms with E-state index in [2.05, 4.69) is 47.7 Å². The molecule has 7 nitrogen and oxygen atoms in total. The lowest BCUT2D eigenvalue weighted by Crippen LogP contribution is -2.43. The summed E-state index contributed by atoms with van der Waals surface area (Å²) >= 11 is 0. The third-order valence-corrected chi connectivity index (χ3v) is 6.85. The van der Waals surface area contributed by atoms with Crippen molar-refractivity contribution in [2.75, 3.05) is 13.1 Å². The standard InChI is InChI=1S/C32H37N3O4/c1-32(2,34-21-28(37)25-13-15-27(36)31-26(25)14-16-29(38)35-31)20-24-11-6-10-23(18-24)19-30(39)33-17-7-12-22-8-4-3-5-9-22/h3-6,8-11,13-16,18,28,34,36-37H,7,12,17,19-21H2,1-2H3,(H,33,39)(H,35,38)/t28-/m1/s1. The minimum absolute atomic E-state index is 0.0168. The number of aliphatic hydroxyl groups excluding tert-OH is 1. The van der Waals surface area contributed by atoms with Crippen molar-refractivity contribution in [3.05, 3.63) is 111 Å². The second kappa shape index (κ2) is 12.7. The first-order valence-corrected chi connectivity index (χ1v) is 13.4. The molecule has 1 aromatic heterocycles. The monoisotopic (exact) mass is 527 g/mol. The van der Waals surface area contributed by atoms with Gasteiger partial charge in [-0.2, -0.15) is 0 Å². The van der Waals surface area contributed by atoms with Crippen molar-refractivity contribution in [2.45, 2.75) is 51.2 Å². The number of benzene rings is 3. The van der Waals surface area contributed by atoms with Crippen molar-refractivity contribution in [3.8, 4) is 5.75 Å². The number of hydrogen-bond donors (Lipinski definition) is 5. The molecule has 1 amide bonds. The van der Waals surface area contributed by atoms with Gasteiger partial charge in [0.1, 0.15) is 5.75 Å².